The molecule has 2 rings (SSSR count). The number of rotatable bonds is 5. The molecule has 0 spiro atoms. The predicted molar refractivity (Wildman–Crippen MR) is 73.7 cm³/mol. The van der Waals surface area contributed by atoms with Gasteiger partial charge < -0.3 is 20.3 Å². The summed E-state index contributed by atoms with van der Waals surface area (Å²) in [6.45, 7) is 3.06. The predicted octanol–water partition coefficient (Wildman–Crippen LogP) is 0.346. The van der Waals surface area contributed by atoms with Gasteiger partial charge in [-0.1, -0.05) is 11.8 Å². The van der Waals surface area contributed by atoms with Crippen molar-refractivity contribution in [1.82, 2.24) is 20.2 Å². The summed E-state index contributed by atoms with van der Waals surface area (Å²) in [4.78, 5) is 4.33. The molecular formula is C12H22N4OS. The van der Waals surface area contributed by atoms with Crippen LogP contribution in [0.15, 0.2) is 11.4 Å². The normalized spacial score (nSPS) is 24.4. The van der Waals surface area contributed by atoms with E-state index in [1.807, 2.05) is 19.5 Å². The number of piperidine rings is 1. The minimum atomic E-state index is -0.598. The lowest BCUT2D eigenvalue weighted by Crippen LogP contribution is -2.51. The fourth-order valence-corrected chi connectivity index (χ4v) is 2.85. The van der Waals surface area contributed by atoms with Crippen LogP contribution in [-0.2, 0) is 13.6 Å². The highest BCUT2D eigenvalue weighted by atomic mass is 32.2. The topological polar surface area (TPSA) is 62.1 Å². The molecule has 0 bridgehead atoms. The second-order valence-electron chi connectivity index (χ2n) is 4.90. The zero-order valence-electron chi connectivity index (χ0n) is 11.1. The average Bonchev–Trinajstić information content (AvgIpc) is 2.71. The molecule has 1 fully saturated rings. The molecule has 0 radical (unpaired) electrons. The summed E-state index contributed by atoms with van der Waals surface area (Å²) in [5.74, 6) is 0. The van der Waals surface area contributed by atoms with Crippen molar-refractivity contribution < 1.29 is 5.11 Å². The second kappa shape index (κ2) is 6.06. The lowest BCUT2D eigenvalue weighted by molar-refractivity contribution is 0.0168. The summed E-state index contributed by atoms with van der Waals surface area (Å²) in [6, 6.07) is 0. The van der Waals surface area contributed by atoms with Crippen LogP contribution in [0.4, 0.5) is 0 Å². The van der Waals surface area contributed by atoms with E-state index in [0.717, 1.165) is 36.8 Å². The summed E-state index contributed by atoms with van der Waals surface area (Å²) in [7, 11) is 2.02. The van der Waals surface area contributed by atoms with Crippen LogP contribution in [-0.4, -0.2) is 46.1 Å². The van der Waals surface area contributed by atoms with Crippen molar-refractivity contribution in [2.45, 2.75) is 30.1 Å². The largest absolute Gasteiger partial charge is 0.387 e. The lowest BCUT2D eigenvalue weighted by Gasteiger charge is -2.32. The van der Waals surface area contributed by atoms with E-state index >= 15 is 0 Å². The first-order valence-corrected chi connectivity index (χ1v) is 7.55. The van der Waals surface area contributed by atoms with E-state index in [9.17, 15) is 5.11 Å². The fourth-order valence-electron chi connectivity index (χ4n) is 2.31. The van der Waals surface area contributed by atoms with Crippen LogP contribution < -0.4 is 10.6 Å². The van der Waals surface area contributed by atoms with Gasteiger partial charge in [0.1, 0.15) is 0 Å². The maximum absolute atomic E-state index is 10.3. The molecule has 18 heavy (non-hydrogen) atoms. The minimum Gasteiger partial charge on any atom is -0.387 e. The molecule has 1 aromatic rings. The third kappa shape index (κ3) is 3.26. The van der Waals surface area contributed by atoms with Crippen LogP contribution in [0.25, 0.3) is 0 Å². The van der Waals surface area contributed by atoms with Gasteiger partial charge in [-0.2, -0.15) is 0 Å². The molecule has 0 aromatic carbocycles. The standard InChI is InChI=1S/C12H22N4OS/c1-16-10(7-15-11(16)18-2)6-14-9-12(17)4-3-5-13-8-12/h7,13-14,17H,3-6,8-9H2,1-2H3/t12-/m1/s1. The molecule has 0 unspecified atom stereocenters. The Morgan fingerprint density at radius 1 is 1.67 bits per heavy atom. The number of β-amino-alcohol motifs (C(OH)–C–C–N with tert-alkyl or cyclic N) is 1. The van der Waals surface area contributed by atoms with Crippen molar-refractivity contribution in [3.8, 4) is 0 Å². The molecule has 1 aliphatic rings. The van der Waals surface area contributed by atoms with E-state index < -0.39 is 5.60 Å². The van der Waals surface area contributed by atoms with Crippen molar-refractivity contribution in [3.05, 3.63) is 11.9 Å². The third-order valence-corrected chi connectivity index (χ3v) is 4.18. The molecule has 0 amide bonds. The Kier molecular flexibility index (Phi) is 4.66. The van der Waals surface area contributed by atoms with Crippen LogP contribution in [0.5, 0.6) is 0 Å². The van der Waals surface area contributed by atoms with Crippen LogP contribution >= 0.6 is 11.8 Å². The Hall–Kier alpha value is -0.560. The van der Waals surface area contributed by atoms with Crippen molar-refractivity contribution in [3.63, 3.8) is 0 Å². The molecule has 1 saturated heterocycles. The van der Waals surface area contributed by atoms with Crippen molar-refractivity contribution in [2.24, 2.45) is 7.05 Å². The molecule has 102 valence electrons. The summed E-state index contributed by atoms with van der Waals surface area (Å²) >= 11 is 1.64. The van der Waals surface area contributed by atoms with Gasteiger partial charge in [0.15, 0.2) is 5.16 Å². The fraction of sp³-hybridized carbons (Fsp3) is 0.750. The van der Waals surface area contributed by atoms with E-state index in [4.69, 9.17) is 0 Å². The van der Waals surface area contributed by atoms with Gasteiger partial charge in [0, 0.05) is 26.7 Å². The molecule has 3 N–H and O–H groups in total. The second-order valence-corrected chi connectivity index (χ2v) is 5.68. The van der Waals surface area contributed by atoms with Gasteiger partial charge in [0.25, 0.3) is 0 Å². The molecule has 1 atom stereocenters. The summed E-state index contributed by atoms with van der Waals surface area (Å²) in [5.41, 5.74) is 0.547. The van der Waals surface area contributed by atoms with Crippen LogP contribution in [0.2, 0.25) is 0 Å². The van der Waals surface area contributed by atoms with Gasteiger partial charge in [0.05, 0.1) is 17.5 Å². The van der Waals surface area contributed by atoms with Crippen molar-refractivity contribution in [1.29, 1.82) is 0 Å². The Labute approximate surface area is 112 Å². The Balaban J connectivity index is 1.82. The van der Waals surface area contributed by atoms with Gasteiger partial charge in [-0.05, 0) is 25.6 Å². The molecule has 6 heteroatoms. The molecule has 5 nitrogen and oxygen atoms in total. The first-order valence-electron chi connectivity index (χ1n) is 6.33. The number of hydrogen-bond donors (Lipinski definition) is 3. The van der Waals surface area contributed by atoms with Crippen LogP contribution in [0, 0.1) is 0 Å². The van der Waals surface area contributed by atoms with Gasteiger partial charge in [-0.25, -0.2) is 4.98 Å². The van der Waals surface area contributed by atoms with E-state index in [0.29, 0.717) is 13.1 Å². The summed E-state index contributed by atoms with van der Waals surface area (Å²) in [5, 5.41) is 17.9. The van der Waals surface area contributed by atoms with E-state index in [1.54, 1.807) is 11.8 Å². The zero-order chi connectivity index (χ0) is 13.0. The molecule has 0 aliphatic carbocycles. The number of hydrogen-bond acceptors (Lipinski definition) is 5. The lowest BCUT2D eigenvalue weighted by atomic mass is 9.94. The maximum Gasteiger partial charge on any atom is 0.167 e. The zero-order valence-corrected chi connectivity index (χ0v) is 11.9. The average molecular weight is 270 g/mol. The number of thioether (sulfide) groups is 1. The van der Waals surface area contributed by atoms with Crippen molar-refractivity contribution >= 4 is 11.8 Å². The molecule has 1 aromatic heterocycles. The number of imidazole rings is 1. The highest BCUT2D eigenvalue weighted by Crippen LogP contribution is 2.16. The Morgan fingerprint density at radius 2 is 2.50 bits per heavy atom. The molecular weight excluding hydrogens is 248 g/mol. The Morgan fingerprint density at radius 3 is 3.11 bits per heavy atom. The SMILES string of the molecule is CSc1ncc(CNC[C@@]2(O)CCCNC2)n1C. The highest BCUT2D eigenvalue weighted by Gasteiger charge is 2.28. The highest BCUT2D eigenvalue weighted by molar-refractivity contribution is 7.98. The van der Waals surface area contributed by atoms with E-state index in [-0.39, 0.29) is 0 Å². The number of aliphatic hydroxyl groups is 1. The van der Waals surface area contributed by atoms with Gasteiger partial charge in [-0.15, -0.1) is 0 Å². The number of nitrogens with one attached hydrogen (secondary N) is 2. The van der Waals surface area contributed by atoms with Gasteiger partial charge >= 0.3 is 0 Å². The minimum absolute atomic E-state index is 0.598. The number of aromatic nitrogens is 2. The first-order chi connectivity index (χ1) is 8.64. The summed E-state index contributed by atoms with van der Waals surface area (Å²) < 4.78 is 2.08. The summed E-state index contributed by atoms with van der Waals surface area (Å²) in [6.07, 6.45) is 5.83. The smallest absolute Gasteiger partial charge is 0.167 e. The van der Waals surface area contributed by atoms with Crippen LogP contribution in [0.3, 0.4) is 0 Å². The van der Waals surface area contributed by atoms with E-state index in [1.165, 1.54) is 0 Å². The van der Waals surface area contributed by atoms with Crippen molar-refractivity contribution in [2.75, 3.05) is 25.9 Å². The maximum atomic E-state index is 10.3. The van der Waals surface area contributed by atoms with E-state index in [2.05, 4.69) is 20.2 Å². The molecule has 0 saturated carbocycles. The quantitative estimate of drug-likeness (QED) is 0.674. The Bertz CT molecular complexity index is 387. The van der Waals surface area contributed by atoms with Crippen LogP contribution in [0.1, 0.15) is 18.5 Å². The molecule has 1 aliphatic heterocycles. The monoisotopic (exact) mass is 270 g/mol. The number of nitrogens with zero attached hydrogens (tertiary/aromatic N) is 2. The molecule has 2 heterocycles. The van der Waals surface area contributed by atoms with Gasteiger partial charge in [-0.3, -0.25) is 0 Å². The first kappa shape index (κ1) is 13.9. The third-order valence-electron chi connectivity index (χ3n) is 3.43. The van der Waals surface area contributed by atoms with Gasteiger partial charge in [0.2, 0.25) is 0 Å².